The molecule has 1 saturated heterocycles. The van der Waals surface area contributed by atoms with E-state index < -0.39 is 5.97 Å². The van der Waals surface area contributed by atoms with Gasteiger partial charge in [0.15, 0.2) is 0 Å². The van der Waals surface area contributed by atoms with Gasteiger partial charge in [-0.25, -0.2) is 4.79 Å². The molecule has 1 amide bonds. The van der Waals surface area contributed by atoms with Crippen LogP contribution in [0.5, 0.6) is 0 Å². The number of aromatic carboxylic acids is 1. The Kier molecular flexibility index (Phi) is 6.38. The monoisotopic (exact) mass is 439 g/mol. The first-order valence-electron chi connectivity index (χ1n) is 11.6. The van der Waals surface area contributed by atoms with Crippen LogP contribution in [-0.4, -0.2) is 46.5 Å². The van der Waals surface area contributed by atoms with Crippen molar-refractivity contribution in [2.45, 2.75) is 65.8 Å². The summed E-state index contributed by atoms with van der Waals surface area (Å²) in [6.07, 6.45) is 4.82. The molecule has 2 aromatic rings. The van der Waals surface area contributed by atoms with E-state index in [1.807, 2.05) is 31.5 Å². The molecule has 0 atom stereocenters. The summed E-state index contributed by atoms with van der Waals surface area (Å²) < 4.78 is 7.61. The van der Waals surface area contributed by atoms with Gasteiger partial charge in [-0.1, -0.05) is 13.0 Å². The zero-order valence-corrected chi connectivity index (χ0v) is 19.3. The number of carbonyl (C=O) groups is 2. The summed E-state index contributed by atoms with van der Waals surface area (Å²) in [5.74, 6) is -0.906. The molecule has 0 unspecified atom stereocenters. The van der Waals surface area contributed by atoms with Gasteiger partial charge < -0.3 is 15.2 Å². The quantitative estimate of drug-likeness (QED) is 0.719. The zero-order valence-electron chi connectivity index (χ0n) is 19.3. The Hall–Kier alpha value is -2.67. The van der Waals surface area contributed by atoms with Crippen LogP contribution in [0.4, 0.5) is 0 Å². The van der Waals surface area contributed by atoms with Crippen molar-refractivity contribution in [1.82, 2.24) is 15.1 Å². The van der Waals surface area contributed by atoms with Crippen LogP contribution < -0.4 is 5.32 Å². The normalized spacial score (nSPS) is 17.7. The highest BCUT2D eigenvalue weighted by molar-refractivity contribution is 5.97. The van der Waals surface area contributed by atoms with Crippen LogP contribution in [0.1, 0.15) is 75.0 Å². The van der Waals surface area contributed by atoms with Crippen molar-refractivity contribution in [3.05, 3.63) is 51.3 Å². The van der Waals surface area contributed by atoms with Crippen molar-refractivity contribution >= 4 is 11.9 Å². The number of ether oxygens (including phenoxy) is 1. The number of amides is 1. The van der Waals surface area contributed by atoms with Gasteiger partial charge in [0, 0.05) is 26.3 Å². The molecule has 0 bridgehead atoms. The molecule has 4 rings (SSSR count). The lowest BCUT2D eigenvalue weighted by atomic mass is 9.76. The third kappa shape index (κ3) is 4.18. The Labute approximate surface area is 189 Å². The molecular weight excluding hydrogens is 406 g/mol. The van der Waals surface area contributed by atoms with Gasteiger partial charge in [0.05, 0.1) is 22.5 Å². The molecule has 0 radical (unpaired) electrons. The molecular formula is C25H33N3O4. The van der Waals surface area contributed by atoms with Gasteiger partial charge in [0.2, 0.25) is 0 Å². The van der Waals surface area contributed by atoms with Crippen molar-refractivity contribution in [2.24, 2.45) is 5.41 Å². The standard InChI is InChI=1S/C25H33N3O4/c1-4-20-22-21(14-25(15-26-23(22)29)9-12-32-13-10-25)28(27-20)11-5-6-18-17(3)16(2)7-8-19(18)24(30)31/h7-8H,4-6,9-15H2,1-3H3,(H,26,29)(H,30,31). The molecule has 7 nitrogen and oxygen atoms in total. The molecule has 2 N–H and O–H groups in total. The maximum atomic E-state index is 13.0. The van der Waals surface area contributed by atoms with Crippen molar-refractivity contribution < 1.29 is 19.4 Å². The van der Waals surface area contributed by atoms with E-state index in [1.54, 1.807) is 6.07 Å². The van der Waals surface area contributed by atoms with E-state index in [1.165, 1.54) is 0 Å². The van der Waals surface area contributed by atoms with Gasteiger partial charge in [-0.3, -0.25) is 9.48 Å². The first-order valence-corrected chi connectivity index (χ1v) is 11.6. The minimum absolute atomic E-state index is 0.0193. The molecule has 1 fully saturated rings. The first-order chi connectivity index (χ1) is 15.3. The Morgan fingerprint density at radius 1 is 1.28 bits per heavy atom. The van der Waals surface area contributed by atoms with Crippen LogP contribution in [0.2, 0.25) is 0 Å². The van der Waals surface area contributed by atoms with E-state index in [-0.39, 0.29) is 11.3 Å². The summed E-state index contributed by atoms with van der Waals surface area (Å²) >= 11 is 0. The van der Waals surface area contributed by atoms with Crippen LogP contribution in [0.3, 0.4) is 0 Å². The number of aromatic nitrogens is 2. The molecule has 2 aliphatic rings. The topological polar surface area (TPSA) is 93.5 Å². The molecule has 1 aromatic carbocycles. The molecule has 0 saturated carbocycles. The molecule has 0 aliphatic carbocycles. The lowest BCUT2D eigenvalue weighted by Crippen LogP contribution is -2.40. The number of fused-ring (bicyclic) bond motifs is 1. The summed E-state index contributed by atoms with van der Waals surface area (Å²) in [7, 11) is 0. The molecule has 1 spiro atoms. The number of nitrogens with zero attached hydrogens (tertiary/aromatic N) is 2. The fourth-order valence-electron chi connectivity index (χ4n) is 5.16. The number of nitrogens with one attached hydrogen (secondary N) is 1. The molecule has 32 heavy (non-hydrogen) atoms. The highest BCUT2D eigenvalue weighted by Crippen LogP contribution is 2.37. The van der Waals surface area contributed by atoms with Gasteiger partial charge in [-0.2, -0.15) is 5.10 Å². The summed E-state index contributed by atoms with van der Waals surface area (Å²) in [6.45, 7) is 8.83. The van der Waals surface area contributed by atoms with Crippen LogP contribution in [0.25, 0.3) is 0 Å². The number of aryl methyl sites for hydroxylation is 3. The highest BCUT2D eigenvalue weighted by atomic mass is 16.5. The third-order valence-electron chi connectivity index (χ3n) is 7.31. The Morgan fingerprint density at radius 2 is 2.03 bits per heavy atom. The van der Waals surface area contributed by atoms with E-state index in [4.69, 9.17) is 9.84 Å². The Morgan fingerprint density at radius 3 is 2.72 bits per heavy atom. The molecule has 7 heteroatoms. The minimum atomic E-state index is -0.887. The average Bonchev–Trinajstić information content (AvgIpc) is 3.05. The van der Waals surface area contributed by atoms with E-state index in [0.29, 0.717) is 31.5 Å². The smallest absolute Gasteiger partial charge is 0.335 e. The Bertz CT molecular complexity index is 1030. The van der Waals surface area contributed by atoms with Crippen LogP contribution >= 0.6 is 0 Å². The van der Waals surface area contributed by atoms with Gasteiger partial charge >= 0.3 is 5.97 Å². The van der Waals surface area contributed by atoms with E-state index >= 15 is 0 Å². The van der Waals surface area contributed by atoms with Crippen molar-refractivity contribution in [3.63, 3.8) is 0 Å². The van der Waals surface area contributed by atoms with Crippen molar-refractivity contribution in [2.75, 3.05) is 19.8 Å². The summed E-state index contributed by atoms with van der Waals surface area (Å²) in [5.41, 5.74) is 6.05. The van der Waals surface area contributed by atoms with Gasteiger partial charge in [-0.15, -0.1) is 0 Å². The number of carbonyl (C=O) groups excluding carboxylic acids is 1. The van der Waals surface area contributed by atoms with Gasteiger partial charge in [0.1, 0.15) is 0 Å². The number of carboxylic acid groups (broad SMARTS) is 1. The fourth-order valence-corrected chi connectivity index (χ4v) is 5.16. The van der Waals surface area contributed by atoms with E-state index in [0.717, 1.165) is 72.5 Å². The number of carboxylic acids is 1. The zero-order chi connectivity index (χ0) is 22.9. The van der Waals surface area contributed by atoms with Crippen LogP contribution in [0, 0.1) is 19.3 Å². The van der Waals surface area contributed by atoms with E-state index in [2.05, 4.69) is 5.32 Å². The number of hydrogen-bond donors (Lipinski definition) is 2. The highest BCUT2D eigenvalue weighted by Gasteiger charge is 2.39. The second-order valence-electron chi connectivity index (χ2n) is 9.26. The predicted octanol–water partition coefficient (Wildman–Crippen LogP) is 3.48. The van der Waals surface area contributed by atoms with E-state index in [9.17, 15) is 14.7 Å². The lowest BCUT2D eigenvalue weighted by Gasteiger charge is -2.36. The molecule has 1 aromatic heterocycles. The second kappa shape index (κ2) is 9.06. The summed E-state index contributed by atoms with van der Waals surface area (Å²) in [4.78, 5) is 24.7. The molecule has 172 valence electrons. The minimum Gasteiger partial charge on any atom is -0.478 e. The van der Waals surface area contributed by atoms with Crippen LogP contribution in [0.15, 0.2) is 12.1 Å². The number of hydrogen-bond acceptors (Lipinski definition) is 4. The predicted molar refractivity (Wildman–Crippen MR) is 121 cm³/mol. The number of rotatable bonds is 6. The first kappa shape index (κ1) is 22.5. The molecule has 3 heterocycles. The summed E-state index contributed by atoms with van der Waals surface area (Å²) in [5, 5.41) is 17.6. The largest absolute Gasteiger partial charge is 0.478 e. The maximum Gasteiger partial charge on any atom is 0.335 e. The SMILES string of the molecule is CCc1nn(CCCc2c(C(=O)O)ccc(C)c2C)c2c1C(=O)NCC1(CCOCC1)C2. The summed E-state index contributed by atoms with van der Waals surface area (Å²) in [6, 6.07) is 3.57. The van der Waals surface area contributed by atoms with Gasteiger partial charge in [0.25, 0.3) is 5.91 Å². The maximum absolute atomic E-state index is 13.0. The lowest BCUT2D eigenvalue weighted by molar-refractivity contribution is 0.0152. The average molecular weight is 440 g/mol. The van der Waals surface area contributed by atoms with Crippen LogP contribution in [-0.2, 0) is 30.5 Å². The third-order valence-corrected chi connectivity index (χ3v) is 7.31. The van der Waals surface area contributed by atoms with Crippen molar-refractivity contribution in [3.8, 4) is 0 Å². The second-order valence-corrected chi connectivity index (χ2v) is 9.26. The van der Waals surface area contributed by atoms with Gasteiger partial charge in [-0.05, 0) is 80.5 Å². The fraction of sp³-hybridized carbons (Fsp3) is 0.560. The van der Waals surface area contributed by atoms with Crippen molar-refractivity contribution in [1.29, 1.82) is 0 Å². The Balaban J connectivity index is 1.60. The number of benzene rings is 1. The molecule has 2 aliphatic heterocycles.